The van der Waals surface area contributed by atoms with E-state index < -0.39 is 4.92 Å². The maximum absolute atomic E-state index is 10.7. The van der Waals surface area contributed by atoms with Crippen molar-refractivity contribution in [2.45, 2.75) is 19.3 Å². The molecule has 0 saturated carbocycles. The molecule has 0 saturated heterocycles. The molecule has 0 radical (unpaired) electrons. The second kappa shape index (κ2) is 6.84. The molecule has 0 spiro atoms. The number of nitro benzene ring substituents is 1. The molecular formula is C12H13Cl2N5O2. The first-order valence-electron chi connectivity index (χ1n) is 6.28. The van der Waals surface area contributed by atoms with Gasteiger partial charge in [-0.1, -0.05) is 28.4 Å². The van der Waals surface area contributed by atoms with Crippen molar-refractivity contribution in [1.82, 2.24) is 15.0 Å². The van der Waals surface area contributed by atoms with Gasteiger partial charge in [0.15, 0.2) is 0 Å². The van der Waals surface area contributed by atoms with Crippen LogP contribution in [0.1, 0.15) is 18.5 Å². The first kappa shape index (κ1) is 15.7. The average molecular weight is 330 g/mol. The average Bonchev–Trinajstić information content (AvgIpc) is 2.86. The summed E-state index contributed by atoms with van der Waals surface area (Å²) < 4.78 is 1.42. The third-order valence-corrected chi connectivity index (χ3v) is 3.45. The van der Waals surface area contributed by atoms with E-state index in [0.717, 1.165) is 25.0 Å². The number of hydrogen-bond acceptors (Lipinski definition) is 5. The number of non-ortho nitro benzene ring substituents is 1. The van der Waals surface area contributed by atoms with Crippen LogP contribution in [0.5, 0.6) is 0 Å². The maximum Gasteiger partial charge on any atom is 0.272 e. The minimum Gasteiger partial charge on any atom is -0.330 e. The lowest BCUT2D eigenvalue weighted by molar-refractivity contribution is -0.384. The molecule has 0 amide bonds. The van der Waals surface area contributed by atoms with E-state index in [9.17, 15) is 10.1 Å². The Kier molecular flexibility index (Phi) is 5.11. The second-order valence-corrected chi connectivity index (χ2v) is 5.23. The molecule has 0 aliphatic heterocycles. The van der Waals surface area contributed by atoms with Crippen molar-refractivity contribution in [3.63, 3.8) is 0 Å². The van der Waals surface area contributed by atoms with Gasteiger partial charge in [0, 0.05) is 12.1 Å². The summed E-state index contributed by atoms with van der Waals surface area (Å²) in [7, 11) is 0. The Hall–Kier alpha value is -1.70. The van der Waals surface area contributed by atoms with Crippen molar-refractivity contribution >= 4 is 28.9 Å². The predicted molar refractivity (Wildman–Crippen MR) is 80.0 cm³/mol. The number of nitro groups is 1. The minimum absolute atomic E-state index is 0.146. The number of aromatic nitrogens is 3. The molecule has 21 heavy (non-hydrogen) atoms. The lowest BCUT2D eigenvalue weighted by atomic mass is 10.2. The lowest BCUT2D eigenvalue weighted by Crippen LogP contribution is -1.99. The third kappa shape index (κ3) is 3.69. The summed E-state index contributed by atoms with van der Waals surface area (Å²) >= 11 is 12.1. The zero-order valence-electron chi connectivity index (χ0n) is 11.0. The quantitative estimate of drug-likeness (QED) is 0.499. The monoisotopic (exact) mass is 329 g/mol. The SMILES string of the molecule is NCCCCc1cn(-c2c(Cl)cc([N+](=O)[O-])cc2Cl)nn1. The Morgan fingerprint density at radius 2 is 1.95 bits per heavy atom. The largest absolute Gasteiger partial charge is 0.330 e. The van der Waals surface area contributed by atoms with Crippen molar-refractivity contribution in [2.24, 2.45) is 5.73 Å². The summed E-state index contributed by atoms with van der Waals surface area (Å²) in [5, 5.41) is 19.0. The van der Waals surface area contributed by atoms with Crippen molar-refractivity contribution in [3.05, 3.63) is 44.2 Å². The van der Waals surface area contributed by atoms with E-state index in [1.807, 2.05) is 0 Å². The Labute approximate surface area is 130 Å². The molecule has 112 valence electrons. The fourth-order valence-electron chi connectivity index (χ4n) is 1.85. The molecule has 2 N–H and O–H groups in total. The summed E-state index contributed by atoms with van der Waals surface area (Å²) in [6.07, 6.45) is 4.28. The van der Waals surface area contributed by atoms with Crippen LogP contribution in [0.15, 0.2) is 18.3 Å². The molecule has 2 rings (SSSR count). The highest BCUT2D eigenvalue weighted by Gasteiger charge is 2.17. The van der Waals surface area contributed by atoms with Crippen molar-refractivity contribution < 1.29 is 4.92 Å². The first-order chi connectivity index (χ1) is 10.0. The molecule has 7 nitrogen and oxygen atoms in total. The van der Waals surface area contributed by atoms with Crippen LogP contribution in [-0.4, -0.2) is 26.5 Å². The summed E-state index contributed by atoms with van der Waals surface area (Å²) in [5.74, 6) is 0. The van der Waals surface area contributed by atoms with Crippen molar-refractivity contribution in [2.75, 3.05) is 6.54 Å². The second-order valence-electron chi connectivity index (χ2n) is 4.42. The summed E-state index contributed by atoms with van der Waals surface area (Å²) in [6, 6.07) is 2.47. The molecule has 1 aromatic carbocycles. The molecule has 0 bridgehead atoms. The fraction of sp³-hybridized carbons (Fsp3) is 0.333. The van der Waals surface area contributed by atoms with Crippen LogP contribution in [0.2, 0.25) is 10.0 Å². The Morgan fingerprint density at radius 1 is 1.29 bits per heavy atom. The smallest absolute Gasteiger partial charge is 0.272 e. The molecule has 0 unspecified atom stereocenters. The van der Waals surface area contributed by atoms with Gasteiger partial charge in [-0.2, -0.15) is 0 Å². The Balaban J connectivity index is 2.28. The van der Waals surface area contributed by atoms with E-state index >= 15 is 0 Å². The van der Waals surface area contributed by atoms with Gasteiger partial charge in [0.1, 0.15) is 5.69 Å². The van der Waals surface area contributed by atoms with E-state index in [-0.39, 0.29) is 15.7 Å². The number of hydrogen-bond donors (Lipinski definition) is 1. The Bertz CT molecular complexity index is 636. The van der Waals surface area contributed by atoms with E-state index in [1.54, 1.807) is 6.20 Å². The van der Waals surface area contributed by atoms with Crippen LogP contribution in [0.3, 0.4) is 0 Å². The van der Waals surface area contributed by atoms with Crippen molar-refractivity contribution in [3.8, 4) is 5.69 Å². The molecular weight excluding hydrogens is 317 g/mol. The number of nitrogens with zero attached hydrogens (tertiary/aromatic N) is 4. The molecule has 1 aromatic heterocycles. The van der Waals surface area contributed by atoms with Gasteiger partial charge in [-0.3, -0.25) is 10.1 Å². The van der Waals surface area contributed by atoms with E-state index in [2.05, 4.69) is 10.3 Å². The van der Waals surface area contributed by atoms with Crippen molar-refractivity contribution in [1.29, 1.82) is 0 Å². The van der Waals surface area contributed by atoms with Crippen LogP contribution in [0, 0.1) is 10.1 Å². The standard InChI is InChI=1S/C12H13Cl2N5O2/c13-10-5-9(19(20)21)6-11(14)12(10)18-7-8(16-17-18)3-1-2-4-15/h5-7H,1-4,15H2. The molecule has 0 fully saturated rings. The molecule has 0 aliphatic rings. The summed E-state index contributed by atoms with van der Waals surface area (Å²) in [6.45, 7) is 0.633. The number of benzene rings is 1. The van der Waals surface area contributed by atoms with Gasteiger partial charge in [-0.05, 0) is 25.8 Å². The molecule has 0 atom stereocenters. The highest BCUT2D eigenvalue weighted by Crippen LogP contribution is 2.32. The molecule has 0 aliphatic carbocycles. The van der Waals surface area contributed by atoms with Gasteiger partial charge in [-0.15, -0.1) is 5.10 Å². The van der Waals surface area contributed by atoms with E-state index in [1.165, 1.54) is 16.8 Å². The third-order valence-electron chi connectivity index (χ3n) is 2.87. The van der Waals surface area contributed by atoms with Gasteiger partial charge >= 0.3 is 0 Å². The normalized spacial score (nSPS) is 10.8. The lowest BCUT2D eigenvalue weighted by Gasteiger charge is -2.05. The van der Waals surface area contributed by atoms with Gasteiger partial charge in [-0.25, -0.2) is 4.68 Å². The van der Waals surface area contributed by atoms with E-state index in [0.29, 0.717) is 12.2 Å². The summed E-state index contributed by atoms with van der Waals surface area (Å²) in [4.78, 5) is 10.2. The molecule has 1 heterocycles. The van der Waals surface area contributed by atoms with Crippen LogP contribution >= 0.6 is 23.2 Å². The number of nitrogens with two attached hydrogens (primary N) is 1. The van der Waals surface area contributed by atoms with Gasteiger partial charge in [0.2, 0.25) is 0 Å². The van der Waals surface area contributed by atoms with Crippen LogP contribution < -0.4 is 5.73 Å². The maximum atomic E-state index is 10.7. The van der Waals surface area contributed by atoms with E-state index in [4.69, 9.17) is 28.9 Å². The van der Waals surface area contributed by atoms with Gasteiger partial charge in [0.25, 0.3) is 5.69 Å². The van der Waals surface area contributed by atoms with Gasteiger partial charge < -0.3 is 5.73 Å². The van der Waals surface area contributed by atoms with Gasteiger partial charge in [0.05, 0.1) is 26.9 Å². The highest BCUT2D eigenvalue weighted by molar-refractivity contribution is 6.38. The van der Waals surface area contributed by atoms with Crippen LogP contribution in [-0.2, 0) is 6.42 Å². The summed E-state index contributed by atoms with van der Waals surface area (Å²) in [5.41, 5.74) is 6.43. The number of aryl methyl sites for hydroxylation is 1. The topological polar surface area (TPSA) is 99.9 Å². The highest BCUT2D eigenvalue weighted by atomic mass is 35.5. The molecule has 2 aromatic rings. The fourth-order valence-corrected chi connectivity index (χ4v) is 2.50. The minimum atomic E-state index is -0.554. The molecule has 9 heteroatoms. The zero-order valence-corrected chi connectivity index (χ0v) is 12.5. The Morgan fingerprint density at radius 3 is 2.52 bits per heavy atom. The van der Waals surface area contributed by atoms with Crippen LogP contribution in [0.4, 0.5) is 5.69 Å². The van der Waals surface area contributed by atoms with Crippen LogP contribution in [0.25, 0.3) is 5.69 Å². The first-order valence-corrected chi connectivity index (χ1v) is 7.03. The number of halogens is 2. The number of unbranched alkanes of at least 4 members (excludes halogenated alkanes) is 1. The zero-order chi connectivity index (χ0) is 15.4. The number of rotatable bonds is 6. The predicted octanol–water partition coefficient (Wildman–Crippen LogP) is 2.76.